The molecule has 0 unspecified atom stereocenters. The molecule has 52 valence electrons. The first-order chi connectivity index (χ1) is 3.89. The van der Waals surface area contributed by atoms with Crippen LogP contribution in [0.4, 0.5) is 8.78 Å². The fourth-order valence-electron chi connectivity index (χ4n) is 0.129. The van der Waals surface area contributed by atoms with Crippen molar-refractivity contribution in [2.75, 3.05) is 0 Å². The molecule has 0 amide bonds. The predicted molar refractivity (Wildman–Crippen MR) is 22.6 cm³/mol. The summed E-state index contributed by atoms with van der Waals surface area (Å²) in [5, 5.41) is 9.30. The van der Waals surface area contributed by atoms with Crippen LogP contribution < -0.4 is 0 Å². The molecule has 0 atom stereocenters. The van der Waals surface area contributed by atoms with Crippen LogP contribution in [0, 0.1) is 10.1 Å². The van der Waals surface area contributed by atoms with E-state index in [1.807, 2.05) is 0 Å². The van der Waals surface area contributed by atoms with Crippen molar-refractivity contribution in [3.63, 3.8) is 0 Å². The smallest absolute Gasteiger partial charge is 0.285 e. The van der Waals surface area contributed by atoms with E-state index in [2.05, 4.69) is 0 Å². The van der Waals surface area contributed by atoms with Crippen LogP contribution in [0.2, 0.25) is 0 Å². The number of halogens is 2. The van der Waals surface area contributed by atoms with Crippen molar-refractivity contribution in [1.82, 2.24) is 0 Å². The first-order valence-corrected chi connectivity index (χ1v) is 1.92. The zero-order chi connectivity index (χ0) is 7.65. The van der Waals surface area contributed by atoms with Gasteiger partial charge in [0.15, 0.2) is 0 Å². The second kappa shape index (κ2) is 2.04. The van der Waals surface area contributed by atoms with Crippen LogP contribution in [0.3, 0.4) is 0 Å². The van der Waals surface area contributed by atoms with E-state index in [0.29, 0.717) is 6.92 Å². The summed E-state index contributed by atoms with van der Waals surface area (Å²) in [6.07, 6.45) is 0. The molecule has 0 aliphatic heterocycles. The van der Waals surface area contributed by atoms with Crippen LogP contribution in [-0.4, -0.2) is 16.8 Å². The molecule has 0 spiro atoms. The number of rotatable bonds is 2. The summed E-state index contributed by atoms with van der Waals surface area (Å²) >= 11 is 0. The SMILES string of the molecule is CC(=O)C(F)(F)[N+](=O)[O-]. The van der Waals surface area contributed by atoms with E-state index >= 15 is 0 Å². The van der Waals surface area contributed by atoms with Gasteiger partial charge in [0, 0.05) is 6.92 Å². The number of hydrogen-bond acceptors (Lipinski definition) is 3. The summed E-state index contributed by atoms with van der Waals surface area (Å²) in [5.41, 5.74) is 0. The van der Waals surface area contributed by atoms with Crippen molar-refractivity contribution in [3.05, 3.63) is 10.1 Å². The number of carbonyl (C=O) groups is 1. The Kier molecular flexibility index (Phi) is 1.80. The van der Waals surface area contributed by atoms with Gasteiger partial charge in [0.05, 0.1) is 0 Å². The highest BCUT2D eigenvalue weighted by Crippen LogP contribution is 2.13. The number of carbonyl (C=O) groups excluding carboxylic acids is 1. The van der Waals surface area contributed by atoms with Crippen molar-refractivity contribution >= 4 is 5.78 Å². The fraction of sp³-hybridized carbons (Fsp3) is 0.667. The minimum atomic E-state index is -4.42. The normalized spacial score (nSPS) is 11.0. The highest BCUT2D eigenvalue weighted by atomic mass is 19.3. The quantitative estimate of drug-likeness (QED) is 0.317. The number of nitrogens with zero attached hydrogens (tertiary/aromatic N) is 1. The van der Waals surface area contributed by atoms with E-state index in [0.717, 1.165) is 0 Å². The molecule has 0 bridgehead atoms. The molecule has 0 aliphatic rings. The molecule has 0 radical (unpaired) electrons. The van der Waals surface area contributed by atoms with Crippen molar-refractivity contribution < 1.29 is 18.5 Å². The van der Waals surface area contributed by atoms with E-state index in [-0.39, 0.29) is 0 Å². The van der Waals surface area contributed by atoms with Gasteiger partial charge in [-0.3, -0.25) is 14.9 Å². The molecule has 0 aliphatic carbocycles. The predicted octanol–water partition coefficient (Wildman–Crippen LogP) is 0.445. The maximum atomic E-state index is 11.6. The Morgan fingerprint density at radius 1 is 1.67 bits per heavy atom. The third kappa shape index (κ3) is 1.41. The molecule has 9 heavy (non-hydrogen) atoms. The van der Waals surface area contributed by atoms with Gasteiger partial charge in [-0.1, -0.05) is 0 Å². The number of ketones is 1. The number of Topliss-reactive ketones (excluding diaryl/α,β-unsaturated/α-hetero) is 1. The molecular weight excluding hydrogens is 136 g/mol. The third-order valence-electron chi connectivity index (χ3n) is 0.653. The van der Waals surface area contributed by atoms with Crippen LogP contribution in [0.25, 0.3) is 0 Å². The summed E-state index contributed by atoms with van der Waals surface area (Å²) in [5.74, 6) is -1.76. The monoisotopic (exact) mass is 139 g/mol. The number of hydrogen-bond donors (Lipinski definition) is 0. The van der Waals surface area contributed by atoms with Gasteiger partial charge in [-0.15, -0.1) is 8.78 Å². The Balaban J connectivity index is 4.38. The summed E-state index contributed by atoms with van der Waals surface area (Å²) in [4.78, 5) is 17.1. The Morgan fingerprint density at radius 2 is 2.00 bits per heavy atom. The molecule has 6 heteroatoms. The molecule has 0 N–H and O–H groups in total. The average molecular weight is 139 g/mol. The van der Waals surface area contributed by atoms with Crippen molar-refractivity contribution in [2.24, 2.45) is 0 Å². The van der Waals surface area contributed by atoms with Gasteiger partial charge < -0.3 is 0 Å². The van der Waals surface area contributed by atoms with Gasteiger partial charge in [0.25, 0.3) is 5.78 Å². The molecule has 0 saturated carbocycles. The summed E-state index contributed by atoms with van der Waals surface area (Å²) in [7, 11) is 0. The van der Waals surface area contributed by atoms with E-state index < -0.39 is 16.8 Å². The lowest BCUT2D eigenvalue weighted by molar-refractivity contribution is -0.621. The van der Waals surface area contributed by atoms with Crippen molar-refractivity contribution in [3.8, 4) is 0 Å². The molecule has 0 rings (SSSR count). The van der Waals surface area contributed by atoms with Crippen LogP contribution in [-0.2, 0) is 4.79 Å². The zero-order valence-corrected chi connectivity index (χ0v) is 4.43. The second-order valence-electron chi connectivity index (χ2n) is 1.35. The summed E-state index contributed by atoms with van der Waals surface area (Å²) < 4.78 is 23.2. The van der Waals surface area contributed by atoms with Crippen LogP contribution >= 0.6 is 0 Å². The van der Waals surface area contributed by atoms with Crippen LogP contribution in [0.15, 0.2) is 0 Å². The first kappa shape index (κ1) is 7.93. The lowest BCUT2D eigenvalue weighted by Gasteiger charge is -1.99. The van der Waals surface area contributed by atoms with Gasteiger partial charge in [-0.05, 0) is 0 Å². The van der Waals surface area contributed by atoms with E-state index in [1.54, 1.807) is 0 Å². The Labute approximate surface area is 48.6 Å². The largest absolute Gasteiger partial charge is 0.572 e. The van der Waals surface area contributed by atoms with E-state index in [4.69, 9.17) is 0 Å². The van der Waals surface area contributed by atoms with Gasteiger partial charge >= 0.3 is 6.05 Å². The van der Waals surface area contributed by atoms with Crippen LogP contribution in [0.5, 0.6) is 0 Å². The molecular formula is C3H3F2NO3. The molecule has 0 saturated heterocycles. The van der Waals surface area contributed by atoms with Gasteiger partial charge in [-0.25, -0.2) is 0 Å². The summed E-state index contributed by atoms with van der Waals surface area (Å²) in [6, 6.07) is -4.42. The standard InChI is InChI=1S/C3H3F2NO3/c1-2(7)3(4,5)6(8)9/h1H3. The molecule has 0 aromatic carbocycles. The Bertz CT molecular complexity index is 139. The highest BCUT2D eigenvalue weighted by Gasteiger charge is 2.49. The Hall–Kier alpha value is -1.07. The minimum absolute atomic E-state index is 0.461. The second-order valence-corrected chi connectivity index (χ2v) is 1.35. The van der Waals surface area contributed by atoms with Gasteiger partial charge in [-0.2, -0.15) is 0 Å². The molecule has 0 aromatic heterocycles. The molecule has 0 fully saturated rings. The summed E-state index contributed by atoms with van der Waals surface area (Å²) in [6.45, 7) is 0.461. The number of alkyl halides is 2. The van der Waals surface area contributed by atoms with Crippen LogP contribution in [0.1, 0.15) is 6.92 Å². The minimum Gasteiger partial charge on any atom is -0.285 e. The fourth-order valence-corrected chi connectivity index (χ4v) is 0.129. The average Bonchev–Trinajstić information content (AvgIpc) is 1.65. The van der Waals surface area contributed by atoms with Gasteiger partial charge in [0.2, 0.25) is 0 Å². The van der Waals surface area contributed by atoms with E-state index in [9.17, 15) is 23.7 Å². The van der Waals surface area contributed by atoms with Crippen molar-refractivity contribution in [2.45, 2.75) is 13.0 Å². The van der Waals surface area contributed by atoms with E-state index in [1.165, 1.54) is 0 Å². The van der Waals surface area contributed by atoms with Gasteiger partial charge in [0.1, 0.15) is 4.92 Å². The third-order valence-corrected chi connectivity index (χ3v) is 0.653. The molecule has 4 nitrogen and oxygen atoms in total. The molecule has 0 heterocycles. The molecule has 0 aromatic rings. The highest BCUT2D eigenvalue weighted by molar-refractivity contribution is 5.81. The zero-order valence-electron chi connectivity index (χ0n) is 4.43. The topological polar surface area (TPSA) is 60.2 Å². The Morgan fingerprint density at radius 3 is 2.00 bits per heavy atom. The van der Waals surface area contributed by atoms with Crippen molar-refractivity contribution in [1.29, 1.82) is 0 Å². The first-order valence-electron chi connectivity index (χ1n) is 1.92. The number of nitro groups is 1. The lowest BCUT2D eigenvalue weighted by atomic mass is 10.4. The maximum absolute atomic E-state index is 11.6. The maximum Gasteiger partial charge on any atom is 0.572 e. The lowest BCUT2D eigenvalue weighted by Crippen LogP contribution is -2.35.